The second-order valence-electron chi connectivity index (χ2n) is 5.66. The summed E-state index contributed by atoms with van der Waals surface area (Å²) < 4.78 is 0. The monoisotopic (exact) mass is 266 g/mol. The smallest absolute Gasteiger partial charge is 0.228 e. The SMILES string of the molecule is CC1(C)CCCC1C(=O)Nc1ccc(N)cc1Cl. The maximum atomic E-state index is 12.3. The lowest BCUT2D eigenvalue weighted by atomic mass is 9.81. The normalized spacial score (nSPS) is 21.8. The van der Waals surface area contributed by atoms with Gasteiger partial charge in [0.15, 0.2) is 0 Å². The standard InChI is InChI=1S/C14H19ClN2O/c1-14(2)7-3-4-10(14)13(18)17-12-6-5-9(16)8-11(12)15/h5-6,8,10H,3-4,7,16H2,1-2H3,(H,17,18). The zero-order valence-corrected chi connectivity index (χ0v) is 11.6. The Bertz CT molecular complexity index is 471. The number of hydrogen-bond donors (Lipinski definition) is 2. The van der Waals surface area contributed by atoms with Crippen LogP contribution in [0.3, 0.4) is 0 Å². The lowest BCUT2D eigenvalue weighted by Crippen LogP contribution is -2.30. The van der Waals surface area contributed by atoms with E-state index >= 15 is 0 Å². The van der Waals surface area contributed by atoms with Crippen molar-refractivity contribution < 1.29 is 4.79 Å². The van der Waals surface area contributed by atoms with Crippen LogP contribution in [0.1, 0.15) is 33.1 Å². The van der Waals surface area contributed by atoms with Crippen LogP contribution < -0.4 is 11.1 Å². The average Bonchev–Trinajstić information content (AvgIpc) is 2.62. The maximum absolute atomic E-state index is 12.3. The van der Waals surface area contributed by atoms with Gasteiger partial charge in [-0.05, 0) is 36.5 Å². The van der Waals surface area contributed by atoms with E-state index in [1.54, 1.807) is 18.2 Å². The number of benzene rings is 1. The zero-order chi connectivity index (χ0) is 13.3. The average molecular weight is 267 g/mol. The Morgan fingerprint density at radius 3 is 2.78 bits per heavy atom. The van der Waals surface area contributed by atoms with Crippen molar-refractivity contribution >= 4 is 28.9 Å². The molecule has 0 heterocycles. The van der Waals surface area contributed by atoms with Gasteiger partial charge in [-0.2, -0.15) is 0 Å². The van der Waals surface area contributed by atoms with Gasteiger partial charge < -0.3 is 11.1 Å². The highest BCUT2D eigenvalue weighted by Crippen LogP contribution is 2.43. The van der Waals surface area contributed by atoms with Gasteiger partial charge in [-0.1, -0.05) is 31.9 Å². The Labute approximate surface area is 113 Å². The first-order chi connectivity index (χ1) is 8.40. The maximum Gasteiger partial charge on any atom is 0.228 e. The third-order valence-electron chi connectivity index (χ3n) is 3.82. The number of nitrogens with one attached hydrogen (secondary N) is 1. The van der Waals surface area contributed by atoms with E-state index in [2.05, 4.69) is 19.2 Å². The molecule has 2 rings (SSSR count). The first-order valence-electron chi connectivity index (χ1n) is 6.26. The number of hydrogen-bond acceptors (Lipinski definition) is 2. The molecule has 1 saturated carbocycles. The molecule has 3 nitrogen and oxygen atoms in total. The summed E-state index contributed by atoms with van der Waals surface area (Å²) in [4.78, 5) is 12.3. The molecule has 1 aliphatic rings. The number of carbonyl (C=O) groups excluding carboxylic acids is 1. The molecular weight excluding hydrogens is 248 g/mol. The Hall–Kier alpha value is -1.22. The molecule has 0 aromatic heterocycles. The van der Waals surface area contributed by atoms with Crippen molar-refractivity contribution in [3.05, 3.63) is 23.2 Å². The molecule has 0 aliphatic heterocycles. The lowest BCUT2D eigenvalue weighted by molar-refractivity contribution is -0.122. The van der Waals surface area contributed by atoms with E-state index in [-0.39, 0.29) is 17.2 Å². The summed E-state index contributed by atoms with van der Waals surface area (Å²) in [7, 11) is 0. The first kappa shape index (κ1) is 13.2. The second-order valence-corrected chi connectivity index (χ2v) is 6.07. The molecular formula is C14H19ClN2O. The predicted octanol–water partition coefficient (Wildman–Crippen LogP) is 3.69. The molecule has 1 atom stereocenters. The van der Waals surface area contributed by atoms with Crippen molar-refractivity contribution in [2.24, 2.45) is 11.3 Å². The number of nitrogens with two attached hydrogens (primary N) is 1. The molecule has 0 radical (unpaired) electrons. The van der Waals surface area contributed by atoms with Gasteiger partial charge in [0.2, 0.25) is 5.91 Å². The van der Waals surface area contributed by atoms with E-state index in [0.29, 0.717) is 16.4 Å². The molecule has 1 aromatic rings. The third-order valence-corrected chi connectivity index (χ3v) is 4.14. The van der Waals surface area contributed by atoms with Gasteiger partial charge in [0.05, 0.1) is 10.7 Å². The number of halogens is 1. The topological polar surface area (TPSA) is 55.1 Å². The summed E-state index contributed by atoms with van der Waals surface area (Å²) in [6, 6.07) is 5.13. The van der Waals surface area contributed by atoms with Gasteiger partial charge >= 0.3 is 0 Å². The molecule has 1 unspecified atom stereocenters. The Morgan fingerprint density at radius 1 is 1.50 bits per heavy atom. The van der Waals surface area contributed by atoms with Gasteiger partial charge in [-0.15, -0.1) is 0 Å². The molecule has 1 aliphatic carbocycles. The van der Waals surface area contributed by atoms with Crippen LogP contribution in [0.2, 0.25) is 5.02 Å². The minimum Gasteiger partial charge on any atom is -0.399 e. The van der Waals surface area contributed by atoms with Gasteiger partial charge in [-0.3, -0.25) is 4.79 Å². The van der Waals surface area contributed by atoms with Crippen LogP contribution in [0.4, 0.5) is 11.4 Å². The summed E-state index contributed by atoms with van der Waals surface area (Å²) in [5, 5.41) is 3.39. The highest BCUT2D eigenvalue weighted by molar-refractivity contribution is 6.34. The lowest BCUT2D eigenvalue weighted by Gasteiger charge is -2.26. The highest BCUT2D eigenvalue weighted by atomic mass is 35.5. The Balaban J connectivity index is 2.12. The van der Waals surface area contributed by atoms with E-state index < -0.39 is 0 Å². The Morgan fingerprint density at radius 2 is 2.22 bits per heavy atom. The van der Waals surface area contributed by atoms with Gasteiger partial charge in [-0.25, -0.2) is 0 Å². The molecule has 0 spiro atoms. The van der Waals surface area contributed by atoms with Gasteiger partial charge in [0.1, 0.15) is 0 Å². The molecule has 1 amide bonds. The van der Waals surface area contributed by atoms with E-state index in [1.165, 1.54) is 0 Å². The summed E-state index contributed by atoms with van der Waals surface area (Å²) in [6.07, 6.45) is 3.16. The minimum absolute atomic E-state index is 0.0594. The fraction of sp³-hybridized carbons (Fsp3) is 0.500. The van der Waals surface area contributed by atoms with E-state index in [1.807, 2.05) is 0 Å². The van der Waals surface area contributed by atoms with Crippen LogP contribution in [0.5, 0.6) is 0 Å². The number of carbonyl (C=O) groups is 1. The molecule has 3 N–H and O–H groups in total. The molecule has 0 bridgehead atoms. The van der Waals surface area contributed by atoms with Crippen molar-refractivity contribution in [2.45, 2.75) is 33.1 Å². The largest absolute Gasteiger partial charge is 0.399 e. The van der Waals surface area contributed by atoms with Crippen LogP contribution in [-0.4, -0.2) is 5.91 Å². The van der Waals surface area contributed by atoms with Crippen LogP contribution in [0.15, 0.2) is 18.2 Å². The molecule has 98 valence electrons. The quantitative estimate of drug-likeness (QED) is 0.802. The zero-order valence-electron chi connectivity index (χ0n) is 10.8. The summed E-state index contributed by atoms with van der Waals surface area (Å²) in [6.45, 7) is 4.30. The molecule has 4 heteroatoms. The van der Waals surface area contributed by atoms with Crippen LogP contribution >= 0.6 is 11.6 Å². The van der Waals surface area contributed by atoms with E-state index in [9.17, 15) is 4.79 Å². The van der Waals surface area contributed by atoms with Crippen molar-refractivity contribution in [1.29, 1.82) is 0 Å². The van der Waals surface area contributed by atoms with Crippen molar-refractivity contribution in [3.63, 3.8) is 0 Å². The Kier molecular flexibility index (Phi) is 3.53. The number of amides is 1. The second kappa shape index (κ2) is 4.81. The molecule has 0 saturated heterocycles. The van der Waals surface area contributed by atoms with Crippen molar-refractivity contribution in [2.75, 3.05) is 11.1 Å². The fourth-order valence-electron chi connectivity index (χ4n) is 2.67. The van der Waals surface area contributed by atoms with Crippen molar-refractivity contribution in [1.82, 2.24) is 0 Å². The number of nitrogen functional groups attached to an aromatic ring is 1. The molecule has 1 fully saturated rings. The van der Waals surface area contributed by atoms with Crippen molar-refractivity contribution in [3.8, 4) is 0 Å². The third kappa shape index (κ3) is 2.61. The minimum atomic E-state index is 0.0594. The summed E-state index contributed by atoms with van der Waals surface area (Å²) in [5.41, 5.74) is 6.93. The summed E-state index contributed by atoms with van der Waals surface area (Å²) >= 11 is 6.06. The van der Waals surface area contributed by atoms with Crippen LogP contribution in [0, 0.1) is 11.3 Å². The molecule has 18 heavy (non-hydrogen) atoms. The fourth-order valence-corrected chi connectivity index (χ4v) is 2.90. The summed E-state index contributed by atoms with van der Waals surface area (Å²) in [5.74, 6) is 0.121. The van der Waals surface area contributed by atoms with Gasteiger partial charge in [0, 0.05) is 11.6 Å². The number of anilines is 2. The first-order valence-corrected chi connectivity index (χ1v) is 6.64. The van der Waals surface area contributed by atoms with Crippen LogP contribution in [0.25, 0.3) is 0 Å². The molecule has 1 aromatic carbocycles. The highest BCUT2D eigenvalue weighted by Gasteiger charge is 2.39. The van der Waals surface area contributed by atoms with E-state index in [4.69, 9.17) is 17.3 Å². The van der Waals surface area contributed by atoms with Gasteiger partial charge in [0.25, 0.3) is 0 Å². The van der Waals surface area contributed by atoms with E-state index in [0.717, 1.165) is 19.3 Å². The van der Waals surface area contributed by atoms with Crippen LogP contribution in [-0.2, 0) is 4.79 Å². The number of rotatable bonds is 2. The predicted molar refractivity (Wildman–Crippen MR) is 75.6 cm³/mol.